The van der Waals surface area contributed by atoms with E-state index in [4.69, 9.17) is 5.11 Å². The van der Waals surface area contributed by atoms with Crippen LogP contribution in [0.2, 0.25) is 0 Å². The molecule has 1 rings (SSSR count). The Labute approximate surface area is 93.5 Å². The fourth-order valence-electron chi connectivity index (χ4n) is 1.25. The van der Waals surface area contributed by atoms with E-state index in [0.717, 1.165) is 5.56 Å². The Morgan fingerprint density at radius 3 is 2.81 bits per heavy atom. The molecule has 1 aromatic heterocycles. The second-order valence-corrected chi connectivity index (χ2v) is 3.47. The first-order valence-electron chi connectivity index (χ1n) is 5.00. The molecule has 1 atom stereocenters. The summed E-state index contributed by atoms with van der Waals surface area (Å²) < 4.78 is 0. The van der Waals surface area contributed by atoms with Gasteiger partial charge in [0.25, 0.3) is 0 Å². The molecule has 0 aromatic carbocycles. The van der Waals surface area contributed by atoms with Crippen molar-refractivity contribution in [3.8, 4) is 0 Å². The molecule has 0 spiro atoms. The minimum absolute atomic E-state index is 0.0000640. The maximum absolute atomic E-state index is 11.3. The summed E-state index contributed by atoms with van der Waals surface area (Å²) in [6.07, 6.45) is 3.18. The normalized spacial score (nSPS) is 11.8. The molecule has 0 aliphatic heterocycles. The van der Waals surface area contributed by atoms with Gasteiger partial charge in [-0.2, -0.15) is 0 Å². The van der Waals surface area contributed by atoms with Crippen LogP contribution in [0.15, 0.2) is 24.5 Å². The van der Waals surface area contributed by atoms with Gasteiger partial charge in [0.1, 0.15) is 0 Å². The third-order valence-corrected chi connectivity index (χ3v) is 2.13. The van der Waals surface area contributed by atoms with Crippen LogP contribution in [-0.4, -0.2) is 22.0 Å². The second-order valence-electron chi connectivity index (χ2n) is 3.47. The third kappa shape index (κ3) is 4.08. The first-order chi connectivity index (χ1) is 7.59. The molecule has 5 nitrogen and oxygen atoms in total. The molecule has 0 fully saturated rings. The average Bonchev–Trinajstić information content (AvgIpc) is 2.27. The van der Waals surface area contributed by atoms with Crippen molar-refractivity contribution >= 4 is 11.9 Å². The van der Waals surface area contributed by atoms with E-state index in [0.29, 0.717) is 0 Å². The molecule has 0 aliphatic carbocycles. The lowest BCUT2D eigenvalue weighted by molar-refractivity contribution is -0.138. The zero-order valence-electron chi connectivity index (χ0n) is 9.01. The molecule has 5 heteroatoms. The van der Waals surface area contributed by atoms with Crippen LogP contribution in [0.4, 0.5) is 0 Å². The Hall–Kier alpha value is -1.91. The van der Waals surface area contributed by atoms with Gasteiger partial charge in [-0.15, -0.1) is 0 Å². The van der Waals surface area contributed by atoms with Crippen LogP contribution in [0, 0.1) is 0 Å². The number of carboxylic acid groups (broad SMARTS) is 1. The Balaban J connectivity index is 2.43. The number of pyridine rings is 1. The van der Waals surface area contributed by atoms with E-state index < -0.39 is 5.97 Å². The summed E-state index contributed by atoms with van der Waals surface area (Å²) in [5, 5.41) is 11.1. The Morgan fingerprint density at radius 1 is 1.50 bits per heavy atom. The highest BCUT2D eigenvalue weighted by Crippen LogP contribution is 2.09. The summed E-state index contributed by atoms with van der Waals surface area (Å²) in [6.45, 7) is 1.83. The van der Waals surface area contributed by atoms with Crippen molar-refractivity contribution in [1.29, 1.82) is 0 Å². The van der Waals surface area contributed by atoms with E-state index in [2.05, 4.69) is 10.3 Å². The number of carboxylic acids is 1. The smallest absolute Gasteiger partial charge is 0.303 e. The average molecular weight is 222 g/mol. The summed E-state index contributed by atoms with van der Waals surface area (Å²) in [5.74, 6) is -1.23. The van der Waals surface area contributed by atoms with Crippen LogP contribution in [-0.2, 0) is 9.59 Å². The van der Waals surface area contributed by atoms with Crippen molar-refractivity contribution in [3.63, 3.8) is 0 Å². The van der Waals surface area contributed by atoms with E-state index in [9.17, 15) is 9.59 Å². The van der Waals surface area contributed by atoms with Crippen LogP contribution in [0.25, 0.3) is 0 Å². The molecule has 1 heterocycles. The van der Waals surface area contributed by atoms with Crippen LogP contribution >= 0.6 is 0 Å². The highest BCUT2D eigenvalue weighted by Gasteiger charge is 2.10. The van der Waals surface area contributed by atoms with Crippen molar-refractivity contribution in [2.45, 2.75) is 25.8 Å². The molecule has 1 amide bonds. The largest absolute Gasteiger partial charge is 0.481 e. The van der Waals surface area contributed by atoms with E-state index in [1.165, 1.54) is 0 Å². The van der Waals surface area contributed by atoms with Crippen LogP contribution < -0.4 is 5.32 Å². The number of amides is 1. The molecule has 0 unspecified atom stereocenters. The zero-order valence-corrected chi connectivity index (χ0v) is 9.01. The van der Waals surface area contributed by atoms with Gasteiger partial charge in [-0.1, -0.05) is 6.07 Å². The minimum atomic E-state index is -0.968. The minimum Gasteiger partial charge on any atom is -0.481 e. The number of hydrogen-bond donors (Lipinski definition) is 2. The third-order valence-electron chi connectivity index (χ3n) is 2.13. The van der Waals surface area contributed by atoms with Crippen molar-refractivity contribution in [2.75, 3.05) is 0 Å². The van der Waals surface area contributed by atoms with Crippen LogP contribution in [0.1, 0.15) is 31.4 Å². The zero-order chi connectivity index (χ0) is 12.0. The molecule has 1 aromatic rings. The fourth-order valence-corrected chi connectivity index (χ4v) is 1.25. The number of carbonyl (C=O) groups excluding carboxylic acids is 1. The first-order valence-corrected chi connectivity index (χ1v) is 5.00. The molecule has 0 radical (unpaired) electrons. The number of carbonyl (C=O) groups is 2. The predicted molar refractivity (Wildman–Crippen MR) is 57.7 cm³/mol. The van der Waals surface area contributed by atoms with Crippen molar-refractivity contribution in [2.24, 2.45) is 0 Å². The van der Waals surface area contributed by atoms with Gasteiger partial charge in [0.05, 0.1) is 12.5 Å². The van der Waals surface area contributed by atoms with Crippen LogP contribution in [0.3, 0.4) is 0 Å². The maximum Gasteiger partial charge on any atom is 0.303 e. The predicted octanol–water partition coefficient (Wildman–Crippen LogP) is 1.12. The van der Waals surface area contributed by atoms with E-state index in [-0.39, 0.29) is 24.8 Å². The first kappa shape index (κ1) is 12.2. The summed E-state index contributed by atoms with van der Waals surface area (Å²) >= 11 is 0. The lowest BCUT2D eigenvalue weighted by Gasteiger charge is -2.13. The molecule has 2 N–H and O–H groups in total. The molecule has 16 heavy (non-hydrogen) atoms. The van der Waals surface area contributed by atoms with Gasteiger partial charge in [0, 0.05) is 18.8 Å². The Morgan fingerprint density at radius 2 is 2.25 bits per heavy atom. The SMILES string of the molecule is C[C@H](NC(=O)CCC(=O)O)c1cccnc1. The van der Waals surface area contributed by atoms with Gasteiger partial charge in [0.2, 0.25) is 5.91 Å². The Bertz CT molecular complexity index is 365. The van der Waals surface area contributed by atoms with Gasteiger partial charge in [-0.3, -0.25) is 14.6 Å². The molecule has 0 aliphatic rings. The standard InChI is InChI=1S/C11H14N2O3/c1-8(9-3-2-6-12-7-9)13-10(14)4-5-11(15)16/h2-3,6-8H,4-5H2,1H3,(H,13,14)(H,15,16)/t8-/m0/s1. The topological polar surface area (TPSA) is 79.3 Å². The summed E-state index contributed by atoms with van der Waals surface area (Å²) in [5.41, 5.74) is 0.895. The summed E-state index contributed by atoms with van der Waals surface area (Å²) in [7, 11) is 0. The number of hydrogen-bond acceptors (Lipinski definition) is 3. The monoisotopic (exact) mass is 222 g/mol. The molecule has 0 saturated heterocycles. The number of nitrogens with one attached hydrogen (secondary N) is 1. The lowest BCUT2D eigenvalue weighted by Crippen LogP contribution is -2.26. The van der Waals surface area contributed by atoms with Crippen molar-refractivity contribution in [1.82, 2.24) is 10.3 Å². The quantitative estimate of drug-likeness (QED) is 0.782. The second kappa shape index (κ2) is 5.85. The number of aromatic nitrogens is 1. The number of rotatable bonds is 5. The van der Waals surface area contributed by atoms with Crippen molar-refractivity contribution in [3.05, 3.63) is 30.1 Å². The van der Waals surface area contributed by atoms with Crippen molar-refractivity contribution < 1.29 is 14.7 Å². The van der Waals surface area contributed by atoms with E-state index >= 15 is 0 Å². The summed E-state index contributed by atoms with van der Waals surface area (Å²) in [4.78, 5) is 25.5. The van der Waals surface area contributed by atoms with Gasteiger partial charge >= 0.3 is 5.97 Å². The number of nitrogens with zero attached hydrogens (tertiary/aromatic N) is 1. The molecule has 0 bridgehead atoms. The molecule has 0 saturated carbocycles. The van der Waals surface area contributed by atoms with Gasteiger partial charge in [-0.25, -0.2) is 0 Å². The fraction of sp³-hybridized carbons (Fsp3) is 0.364. The van der Waals surface area contributed by atoms with Gasteiger partial charge in [0.15, 0.2) is 0 Å². The van der Waals surface area contributed by atoms with Gasteiger partial charge in [-0.05, 0) is 18.6 Å². The van der Waals surface area contributed by atoms with E-state index in [1.54, 1.807) is 18.5 Å². The highest BCUT2D eigenvalue weighted by molar-refractivity contribution is 5.80. The Kier molecular flexibility index (Phi) is 4.44. The highest BCUT2D eigenvalue weighted by atomic mass is 16.4. The maximum atomic E-state index is 11.3. The molecule has 86 valence electrons. The number of aliphatic carboxylic acids is 1. The summed E-state index contributed by atoms with van der Waals surface area (Å²) in [6, 6.07) is 3.49. The van der Waals surface area contributed by atoms with Crippen LogP contribution in [0.5, 0.6) is 0 Å². The van der Waals surface area contributed by atoms with Gasteiger partial charge < -0.3 is 10.4 Å². The van der Waals surface area contributed by atoms with E-state index in [1.807, 2.05) is 13.0 Å². The lowest BCUT2D eigenvalue weighted by atomic mass is 10.1. The molecular formula is C11H14N2O3. The molecular weight excluding hydrogens is 208 g/mol.